The first-order valence-electron chi connectivity index (χ1n) is 9.81. The monoisotopic (exact) mass is 436 g/mol. The van der Waals surface area contributed by atoms with Crippen molar-refractivity contribution in [2.75, 3.05) is 12.4 Å². The zero-order chi connectivity index (χ0) is 21.3. The molecule has 2 aromatic rings. The second-order valence-electron chi connectivity index (χ2n) is 7.45. The molecule has 0 spiro atoms. The zero-order valence-electron chi connectivity index (χ0n) is 16.8. The van der Waals surface area contributed by atoms with Gasteiger partial charge in [-0.2, -0.15) is 18.3 Å². The van der Waals surface area contributed by atoms with Crippen LogP contribution in [0.3, 0.4) is 0 Å². The minimum Gasteiger partial charge on any atom is -0.376 e. The summed E-state index contributed by atoms with van der Waals surface area (Å²) in [6.45, 7) is 5.83. The van der Waals surface area contributed by atoms with Crippen molar-refractivity contribution in [2.45, 2.75) is 45.5 Å². The predicted molar refractivity (Wildman–Crippen MR) is 114 cm³/mol. The molecule has 1 fully saturated rings. The lowest BCUT2D eigenvalue weighted by molar-refractivity contribution is -0.137. The number of benzene rings is 1. The lowest BCUT2D eigenvalue weighted by Crippen LogP contribution is -2.25. The number of aryl methyl sites for hydroxylation is 1. The molecular weight excluding hydrogens is 413 g/mol. The highest BCUT2D eigenvalue weighted by Crippen LogP contribution is 2.32. The number of rotatable bonds is 4. The minimum absolute atomic E-state index is 0.244. The highest BCUT2D eigenvalue weighted by Gasteiger charge is 2.30. The van der Waals surface area contributed by atoms with Crippen LogP contribution >= 0.6 is 11.8 Å². The standard InChI is InChI=1S/C21H23F3N4OS/c1-13-9-18(14(2)28(13)11-17-7-4-8-29-17)19-12-30-20(27-26-19)25-16-6-3-5-15(10-16)21(22,23)24/h3,5-6,9-10,17H,4,7-8,11-12H2,1-2H3,(H,25,27). The van der Waals surface area contributed by atoms with Crippen molar-refractivity contribution in [3.8, 4) is 0 Å². The van der Waals surface area contributed by atoms with E-state index in [0.29, 0.717) is 10.9 Å². The van der Waals surface area contributed by atoms with Crippen LogP contribution in [0.5, 0.6) is 0 Å². The van der Waals surface area contributed by atoms with Crippen LogP contribution in [0.25, 0.3) is 0 Å². The highest BCUT2D eigenvalue weighted by molar-refractivity contribution is 8.14. The first kappa shape index (κ1) is 21.0. The molecule has 0 saturated carbocycles. The summed E-state index contributed by atoms with van der Waals surface area (Å²) in [6, 6.07) is 7.09. The van der Waals surface area contributed by atoms with Crippen molar-refractivity contribution in [1.29, 1.82) is 0 Å². The van der Waals surface area contributed by atoms with Gasteiger partial charge >= 0.3 is 6.18 Å². The number of ether oxygens (including phenoxy) is 1. The summed E-state index contributed by atoms with van der Waals surface area (Å²) < 4.78 is 46.7. The van der Waals surface area contributed by atoms with E-state index >= 15 is 0 Å². The molecule has 0 amide bonds. The number of hydrazone groups is 1. The van der Waals surface area contributed by atoms with Gasteiger partial charge < -0.3 is 9.30 Å². The molecule has 1 aromatic carbocycles. The molecule has 0 radical (unpaired) electrons. The van der Waals surface area contributed by atoms with Crippen molar-refractivity contribution in [3.63, 3.8) is 0 Å². The minimum atomic E-state index is -4.39. The third kappa shape index (κ3) is 4.57. The van der Waals surface area contributed by atoms with Gasteiger partial charge in [0.25, 0.3) is 0 Å². The molecule has 3 heterocycles. The largest absolute Gasteiger partial charge is 0.416 e. The number of nitrogens with zero attached hydrogens (tertiary/aromatic N) is 3. The summed E-state index contributed by atoms with van der Waals surface area (Å²) in [5, 5.41) is 4.92. The van der Waals surface area contributed by atoms with Crippen molar-refractivity contribution in [1.82, 2.24) is 9.99 Å². The first-order valence-corrected chi connectivity index (χ1v) is 10.8. The Bertz CT molecular complexity index is 991. The number of amidine groups is 1. The van der Waals surface area contributed by atoms with E-state index in [9.17, 15) is 13.2 Å². The van der Waals surface area contributed by atoms with E-state index < -0.39 is 11.7 Å². The fourth-order valence-electron chi connectivity index (χ4n) is 3.75. The second-order valence-corrected chi connectivity index (χ2v) is 8.42. The van der Waals surface area contributed by atoms with Gasteiger partial charge in [0.2, 0.25) is 0 Å². The molecule has 1 saturated heterocycles. The van der Waals surface area contributed by atoms with E-state index in [4.69, 9.17) is 4.74 Å². The van der Waals surface area contributed by atoms with Crippen LogP contribution in [-0.2, 0) is 17.5 Å². The summed E-state index contributed by atoms with van der Waals surface area (Å²) in [6.07, 6.45) is -1.94. The maximum Gasteiger partial charge on any atom is 0.416 e. The van der Waals surface area contributed by atoms with Crippen molar-refractivity contribution >= 4 is 28.3 Å². The van der Waals surface area contributed by atoms with Gasteiger partial charge in [0, 0.05) is 35.9 Å². The normalized spacial score (nSPS) is 21.0. The molecule has 9 heteroatoms. The Balaban J connectivity index is 1.50. The quantitative estimate of drug-likeness (QED) is 0.731. The molecule has 1 atom stereocenters. The van der Waals surface area contributed by atoms with Gasteiger partial charge in [0.05, 0.1) is 23.1 Å². The van der Waals surface area contributed by atoms with Crippen LogP contribution in [0.4, 0.5) is 18.9 Å². The van der Waals surface area contributed by atoms with E-state index in [1.165, 1.54) is 17.8 Å². The number of alkyl halides is 3. The summed E-state index contributed by atoms with van der Waals surface area (Å²) in [5.41, 5.74) is 6.69. The molecule has 30 heavy (non-hydrogen) atoms. The summed E-state index contributed by atoms with van der Waals surface area (Å²) in [4.78, 5) is 4.27. The maximum atomic E-state index is 12.9. The number of aliphatic imine (C=N–C) groups is 1. The average molecular weight is 437 g/mol. The Kier molecular flexibility index (Phi) is 5.92. The van der Waals surface area contributed by atoms with Gasteiger partial charge in [-0.25, -0.2) is 4.99 Å². The van der Waals surface area contributed by atoms with Gasteiger partial charge in [-0.3, -0.25) is 5.43 Å². The fraction of sp³-hybridized carbons (Fsp3) is 0.429. The molecule has 5 nitrogen and oxygen atoms in total. The molecule has 0 aliphatic carbocycles. The third-order valence-electron chi connectivity index (χ3n) is 5.33. The van der Waals surface area contributed by atoms with E-state index in [0.717, 1.165) is 60.8 Å². The zero-order valence-corrected chi connectivity index (χ0v) is 17.6. The Labute approximate surface area is 177 Å². The second kappa shape index (κ2) is 8.47. The highest BCUT2D eigenvalue weighted by atomic mass is 32.2. The van der Waals surface area contributed by atoms with Crippen LogP contribution in [0.1, 0.15) is 35.4 Å². The summed E-state index contributed by atoms with van der Waals surface area (Å²) >= 11 is 1.42. The molecule has 160 valence electrons. The average Bonchev–Trinajstić information content (AvgIpc) is 3.32. The van der Waals surface area contributed by atoms with Crippen LogP contribution in [-0.4, -0.2) is 33.9 Å². The number of hydrogen-bond donors (Lipinski definition) is 1. The van der Waals surface area contributed by atoms with Crippen molar-refractivity contribution in [3.05, 3.63) is 52.8 Å². The lowest BCUT2D eigenvalue weighted by Gasteiger charge is -2.17. The molecule has 0 bridgehead atoms. The molecule has 1 aromatic heterocycles. The topological polar surface area (TPSA) is 50.9 Å². The van der Waals surface area contributed by atoms with Crippen LogP contribution in [0.2, 0.25) is 0 Å². The van der Waals surface area contributed by atoms with E-state index in [-0.39, 0.29) is 11.8 Å². The number of aromatic nitrogens is 1. The van der Waals surface area contributed by atoms with E-state index in [2.05, 4.69) is 40.0 Å². The van der Waals surface area contributed by atoms with Crippen LogP contribution in [0.15, 0.2) is 40.4 Å². The van der Waals surface area contributed by atoms with Gasteiger partial charge in [0.1, 0.15) is 0 Å². The van der Waals surface area contributed by atoms with Crippen LogP contribution in [0, 0.1) is 13.8 Å². The summed E-state index contributed by atoms with van der Waals surface area (Å²) in [5.74, 6) is 0.592. The van der Waals surface area contributed by atoms with E-state index in [1.807, 2.05) is 0 Å². The Hall–Kier alpha value is -2.26. The van der Waals surface area contributed by atoms with Crippen molar-refractivity contribution in [2.24, 2.45) is 10.1 Å². The number of halogens is 3. The first-order chi connectivity index (χ1) is 14.3. The summed E-state index contributed by atoms with van der Waals surface area (Å²) in [7, 11) is 0. The smallest absolute Gasteiger partial charge is 0.376 e. The van der Waals surface area contributed by atoms with Gasteiger partial charge in [-0.1, -0.05) is 17.8 Å². The third-order valence-corrected chi connectivity index (χ3v) is 6.20. The fourth-order valence-corrected chi connectivity index (χ4v) is 4.52. The lowest BCUT2D eigenvalue weighted by atomic mass is 10.1. The van der Waals surface area contributed by atoms with Crippen LogP contribution < -0.4 is 5.43 Å². The maximum absolute atomic E-state index is 12.9. The molecule has 2 aliphatic rings. The molecule has 2 aliphatic heterocycles. The molecular formula is C21H23F3N4OS. The number of thioether (sulfide) groups is 1. The molecule has 1 N–H and O–H groups in total. The Morgan fingerprint density at radius 1 is 1.30 bits per heavy atom. The molecule has 1 unspecified atom stereocenters. The van der Waals surface area contributed by atoms with E-state index in [1.54, 1.807) is 6.07 Å². The Morgan fingerprint density at radius 3 is 2.80 bits per heavy atom. The van der Waals surface area contributed by atoms with Gasteiger partial charge in [-0.05, 0) is 51.0 Å². The molecule has 4 rings (SSSR count). The predicted octanol–water partition coefficient (Wildman–Crippen LogP) is 5.03. The Morgan fingerprint density at radius 2 is 2.13 bits per heavy atom. The number of nitrogens with one attached hydrogen (secondary N) is 1. The SMILES string of the molecule is Cc1cc(C2=NNC(=Nc3cccc(C(F)(F)F)c3)SC2)c(C)n1CC1CCCO1. The van der Waals surface area contributed by atoms with Gasteiger partial charge in [-0.15, -0.1) is 0 Å². The van der Waals surface area contributed by atoms with Crippen molar-refractivity contribution < 1.29 is 17.9 Å². The number of hydrogen-bond acceptors (Lipinski definition) is 4. The van der Waals surface area contributed by atoms with Gasteiger partial charge in [0.15, 0.2) is 5.17 Å².